The van der Waals surface area contributed by atoms with Crippen LogP contribution in [0.4, 0.5) is 0 Å². The summed E-state index contributed by atoms with van der Waals surface area (Å²) in [6.07, 6.45) is 1.40. The Bertz CT molecular complexity index is 1180. The van der Waals surface area contributed by atoms with Gasteiger partial charge < -0.3 is 0 Å². The summed E-state index contributed by atoms with van der Waals surface area (Å²) in [5.74, 6) is -0.422. The fourth-order valence-corrected chi connectivity index (χ4v) is 3.39. The van der Waals surface area contributed by atoms with Gasteiger partial charge >= 0.3 is 0 Å². The maximum atomic E-state index is 12.3. The Labute approximate surface area is 183 Å². The molecule has 5 nitrogen and oxygen atoms in total. The van der Waals surface area contributed by atoms with Crippen molar-refractivity contribution >= 4 is 35.3 Å². The van der Waals surface area contributed by atoms with Gasteiger partial charge in [-0.2, -0.15) is 10.2 Å². The second-order valence-corrected chi connectivity index (χ2v) is 7.26. The normalized spacial score (nSPS) is 11.0. The molecule has 0 atom stereocenters. The Hall–Kier alpha value is -3.41. The first-order chi connectivity index (χ1) is 14.6. The van der Waals surface area contributed by atoms with E-state index in [9.17, 15) is 4.79 Å². The topological polar surface area (TPSA) is 70.1 Å². The van der Waals surface area contributed by atoms with Crippen molar-refractivity contribution in [3.05, 3.63) is 100 Å². The summed E-state index contributed by atoms with van der Waals surface area (Å²) in [6.45, 7) is 0. The van der Waals surface area contributed by atoms with Gasteiger partial charge in [0.2, 0.25) is 0 Å². The van der Waals surface area contributed by atoms with E-state index in [-0.39, 0.29) is 0 Å². The fourth-order valence-electron chi connectivity index (χ4n) is 2.90. The van der Waals surface area contributed by atoms with Gasteiger partial charge in [0.1, 0.15) is 5.69 Å². The molecule has 0 aliphatic heterocycles. The van der Waals surface area contributed by atoms with Crippen molar-refractivity contribution in [3.63, 3.8) is 0 Å². The summed E-state index contributed by atoms with van der Waals surface area (Å²) in [4.78, 5) is 12.3. The van der Waals surface area contributed by atoms with Crippen LogP contribution < -0.4 is 5.43 Å². The zero-order chi connectivity index (χ0) is 20.9. The van der Waals surface area contributed by atoms with Crippen molar-refractivity contribution < 1.29 is 4.79 Å². The standard InChI is InChI=1S/C23H16Cl2N4O/c24-19-7-4-8-20(25)18(19)14-26-29-23(30)22-13-21(27-28-22)17-11-9-16(10-12-17)15-5-2-1-3-6-15/h1-14H,(H,27,28)(H,29,30). The molecule has 4 rings (SSSR count). The lowest BCUT2D eigenvalue weighted by molar-refractivity contribution is 0.0950. The van der Waals surface area contributed by atoms with E-state index in [2.05, 4.69) is 32.9 Å². The second-order valence-electron chi connectivity index (χ2n) is 6.44. The number of amides is 1. The molecule has 0 aliphatic rings. The van der Waals surface area contributed by atoms with Crippen LogP contribution in [0.15, 0.2) is 84.0 Å². The van der Waals surface area contributed by atoms with Crippen molar-refractivity contribution in [1.82, 2.24) is 15.6 Å². The number of rotatable bonds is 5. The Morgan fingerprint density at radius 2 is 1.50 bits per heavy atom. The summed E-state index contributed by atoms with van der Waals surface area (Å²) in [7, 11) is 0. The van der Waals surface area contributed by atoms with Gasteiger partial charge in [0.05, 0.1) is 22.0 Å². The molecule has 3 aromatic carbocycles. The number of hydrazone groups is 1. The predicted octanol–water partition coefficient (Wildman–Crippen LogP) is 5.81. The van der Waals surface area contributed by atoms with Crippen molar-refractivity contribution in [2.45, 2.75) is 0 Å². The van der Waals surface area contributed by atoms with Gasteiger partial charge in [-0.25, -0.2) is 5.43 Å². The Balaban J connectivity index is 1.45. The summed E-state index contributed by atoms with van der Waals surface area (Å²) in [6, 6.07) is 24.9. The molecule has 0 spiro atoms. The third kappa shape index (κ3) is 4.43. The van der Waals surface area contributed by atoms with E-state index in [4.69, 9.17) is 23.2 Å². The second kappa shape index (κ2) is 8.95. The summed E-state index contributed by atoms with van der Waals surface area (Å²) >= 11 is 12.2. The lowest BCUT2D eigenvalue weighted by atomic mass is 10.0. The van der Waals surface area contributed by atoms with Crippen LogP contribution in [0.1, 0.15) is 16.1 Å². The highest BCUT2D eigenvalue weighted by atomic mass is 35.5. The molecule has 0 saturated heterocycles. The summed E-state index contributed by atoms with van der Waals surface area (Å²) in [5, 5.41) is 11.8. The zero-order valence-electron chi connectivity index (χ0n) is 15.6. The largest absolute Gasteiger partial charge is 0.289 e. The number of hydrogen-bond donors (Lipinski definition) is 2. The third-order valence-electron chi connectivity index (χ3n) is 4.47. The molecular weight excluding hydrogens is 419 g/mol. The maximum absolute atomic E-state index is 12.3. The fraction of sp³-hybridized carbons (Fsp3) is 0. The minimum Gasteiger partial charge on any atom is -0.272 e. The van der Waals surface area contributed by atoms with Crippen LogP contribution in [0.3, 0.4) is 0 Å². The Morgan fingerprint density at radius 1 is 0.867 bits per heavy atom. The van der Waals surface area contributed by atoms with E-state index < -0.39 is 5.91 Å². The van der Waals surface area contributed by atoms with Crippen LogP contribution in [-0.4, -0.2) is 22.3 Å². The molecule has 7 heteroatoms. The molecule has 0 radical (unpaired) electrons. The number of halogens is 2. The molecule has 0 aliphatic carbocycles. The Morgan fingerprint density at radius 3 is 2.20 bits per heavy atom. The first-order valence-corrected chi connectivity index (χ1v) is 9.86. The van der Waals surface area contributed by atoms with E-state index >= 15 is 0 Å². The highest BCUT2D eigenvalue weighted by molar-refractivity contribution is 6.38. The highest BCUT2D eigenvalue weighted by Crippen LogP contribution is 2.24. The van der Waals surface area contributed by atoms with Crippen molar-refractivity contribution in [1.29, 1.82) is 0 Å². The number of benzene rings is 3. The molecule has 2 N–H and O–H groups in total. The number of carbonyl (C=O) groups is 1. The molecule has 0 unspecified atom stereocenters. The van der Waals surface area contributed by atoms with Gasteiger partial charge in [-0.05, 0) is 29.3 Å². The number of nitrogens with zero attached hydrogens (tertiary/aromatic N) is 2. The van der Waals surface area contributed by atoms with Crippen LogP contribution >= 0.6 is 23.2 Å². The molecule has 30 heavy (non-hydrogen) atoms. The molecule has 0 fully saturated rings. The average molecular weight is 435 g/mol. The van der Waals surface area contributed by atoms with Gasteiger partial charge in [0.15, 0.2) is 0 Å². The molecule has 1 aromatic heterocycles. The first kappa shape index (κ1) is 19.9. The molecule has 4 aromatic rings. The number of H-pyrrole nitrogens is 1. The van der Waals surface area contributed by atoms with Crippen LogP contribution in [0.25, 0.3) is 22.4 Å². The van der Waals surface area contributed by atoms with E-state index in [1.807, 2.05) is 42.5 Å². The Kier molecular flexibility index (Phi) is 5.93. The van der Waals surface area contributed by atoms with Crippen LogP contribution in [0.5, 0.6) is 0 Å². The molecule has 1 amide bonds. The SMILES string of the molecule is O=C(NN=Cc1c(Cl)cccc1Cl)c1cc(-c2ccc(-c3ccccc3)cc2)n[nH]1. The summed E-state index contributed by atoms with van der Waals surface area (Å²) in [5.41, 5.74) is 7.08. The van der Waals surface area contributed by atoms with Gasteiger partial charge in [0, 0.05) is 11.1 Å². The van der Waals surface area contributed by atoms with Crippen molar-refractivity contribution in [2.24, 2.45) is 5.10 Å². The van der Waals surface area contributed by atoms with Crippen molar-refractivity contribution in [2.75, 3.05) is 0 Å². The van der Waals surface area contributed by atoms with Crippen LogP contribution in [0, 0.1) is 0 Å². The molecule has 148 valence electrons. The van der Waals surface area contributed by atoms with Gasteiger partial charge in [-0.1, -0.05) is 83.9 Å². The predicted molar refractivity (Wildman–Crippen MR) is 121 cm³/mol. The van der Waals surface area contributed by atoms with Gasteiger partial charge in [0.25, 0.3) is 5.91 Å². The van der Waals surface area contributed by atoms with E-state index in [1.54, 1.807) is 24.3 Å². The van der Waals surface area contributed by atoms with E-state index in [0.29, 0.717) is 27.0 Å². The lowest BCUT2D eigenvalue weighted by Crippen LogP contribution is -2.18. The first-order valence-electron chi connectivity index (χ1n) is 9.10. The van der Waals surface area contributed by atoms with Gasteiger partial charge in [-0.15, -0.1) is 0 Å². The maximum Gasteiger partial charge on any atom is 0.289 e. The zero-order valence-corrected chi connectivity index (χ0v) is 17.2. The minimum atomic E-state index is -0.422. The molecule has 1 heterocycles. The third-order valence-corrected chi connectivity index (χ3v) is 5.13. The molecule has 0 saturated carbocycles. The highest BCUT2D eigenvalue weighted by Gasteiger charge is 2.11. The van der Waals surface area contributed by atoms with Crippen LogP contribution in [-0.2, 0) is 0 Å². The number of hydrogen-bond acceptors (Lipinski definition) is 3. The summed E-state index contributed by atoms with van der Waals surface area (Å²) < 4.78 is 0. The monoisotopic (exact) mass is 434 g/mol. The molecule has 0 bridgehead atoms. The van der Waals surface area contributed by atoms with Crippen LogP contribution in [0.2, 0.25) is 10.0 Å². The minimum absolute atomic E-state index is 0.291. The number of nitrogens with one attached hydrogen (secondary N) is 2. The lowest BCUT2D eigenvalue weighted by Gasteiger charge is -2.02. The van der Waals surface area contributed by atoms with Crippen molar-refractivity contribution in [3.8, 4) is 22.4 Å². The quantitative estimate of drug-likeness (QED) is 0.307. The molecular formula is C23H16Cl2N4O. The van der Waals surface area contributed by atoms with E-state index in [0.717, 1.165) is 16.7 Å². The number of aromatic nitrogens is 2. The number of carbonyl (C=O) groups excluding carboxylic acids is 1. The average Bonchev–Trinajstić information content (AvgIpc) is 3.27. The smallest absolute Gasteiger partial charge is 0.272 e. The van der Waals surface area contributed by atoms with E-state index in [1.165, 1.54) is 6.21 Å². The number of aromatic amines is 1. The van der Waals surface area contributed by atoms with Gasteiger partial charge in [-0.3, -0.25) is 9.89 Å².